The van der Waals surface area contributed by atoms with E-state index in [2.05, 4.69) is 6.07 Å². The molecule has 1 aliphatic heterocycles. The van der Waals surface area contributed by atoms with Crippen LogP contribution in [0.3, 0.4) is 0 Å². The Morgan fingerprint density at radius 2 is 1.88 bits per heavy atom. The second-order valence-electron chi connectivity index (χ2n) is 5.88. The number of anilines is 1. The molecular formula is C19H16FN3O2. The summed E-state index contributed by atoms with van der Waals surface area (Å²) in [5.74, 6) is -0.309. The van der Waals surface area contributed by atoms with Crippen LogP contribution in [0.5, 0.6) is 0 Å². The summed E-state index contributed by atoms with van der Waals surface area (Å²) in [5, 5.41) is 20.1. The molecule has 0 spiro atoms. The smallest absolute Gasteiger partial charge is 0.269 e. The second-order valence-corrected chi connectivity index (χ2v) is 5.88. The van der Waals surface area contributed by atoms with Crippen LogP contribution in [-0.4, -0.2) is 18.0 Å². The first-order valence-electron chi connectivity index (χ1n) is 7.99. The highest BCUT2D eigenvalue weighted by atomic mass is 19.1. The summed E-state index contributed by atoms with van der Waals surface area (Å²) in [7, 11) is 0. The number of allylic oxidation sites excluding steroid dienone is 1. The Morgan fingerprint density at radius 1 is 1.20 bits per heavy atom. The first-order chi connectivity index (χ1) is 12.1. The molecule has 1 saturated heterocycles. The fraction of sp³-hybridized carbons (Fsp3) is 0.211. The molecule has 2 aromatic carbocycles. The van der Waals surface area contributed by atoms with E-state index in [0.29, 0.717) is 22.4 Å². The number of nitrogens with zero attached hydrogens (tertiary/aromatic N) is 3. The van der Waals surface area contributed by atoms with Crippen LogP contribution in [-0.2, 0) is 0 Å². The van der Waals surface area contributed by atoms with Gasteiger partial charge in [0.2, 0.25) is 0 Å². The van der Waals surface area contributed by atoms with Gasteiger partial charge in [-0.15, -0.1) is 0 Å². The minimum absolute atomic E-state index is 0.0398. The minimum Gasteiger partial charge on any atom is -0.369 e. The van der Waals surface area contributed by atoms with E-state index in [0.717, 1.165) is 25.9 Å². The zero-order valence-electron chi connectivity index (χ0n) is 13.5. The van der Waals surface area contributed by atoms with Gasteiger partial charge in [0.05, 0.1) is 22.3 Å². The van der Waals surface area contributed by atoms with E-state index in [9.17, 15) is 19.8 Å². The molecule has 6 heteroatoms. The lowest BCUT2D eigenvalue weighted by molar-refractivity contribution is -0.384. The number of nitro groups is 1. The molecule has 0 amide bonds. The highest BCUT2D eigenvalue weighted by Gasteiger charge is 2.16. The van der Waals surface area contributed by atoms with E-state index in [1.165, 1.54) is 30.3 Å². The van der Waals surface area contributed by atoms with Crippen molar-refractivity contribution in [3.63, 3.8) is 0 Å². The summed E-state index contributed by atoms with van der Waals surface area (Å²) in [4.78, 5) is 12.2. The third-order valence-corrected chi connectivity index (χ3v) is 4.24. The van der Waals surface area contributed by atoms with Gasteiger partial charge < -0.3 is 4.90 Å². The van der Waals surface area contributed by atoms with Crippen molar-refractivity contribution in [3.05, 3.63) is 69.5 Å². The molecule has 126 valence electrons. The van der Waals surface area contributed by atoms with Gasteiger partial charge in [-0.05, 0) is 54.3 Å². The van der Waals surface area contributed by atoms with Crippen LogP contribution >= 0.6 is 0 Å². The van der Waals surface area contributed by atoms with Gasteiger partial charge in [0, 0.05) is 25.2 Å². The van der Waals surface area contributed by atoms with Gasteiger partial charge in [0.1, 0.15) is 5.82 Å². The zero-order valence-corrected chi connectivity index (χ0v) is 13.5. The first-order valence-corrected chi connectivity index (χ1v) is 7.99. The number of nitriles is 1. The number of benzene rings is 2. The normalized spacial score (nSPS) is 14.4. The minimum atomic E-state index is -0.494. The predicted molar refractivity (Wildman–Crippen MR) is 94.4 cm³/mol. The molecule has 0 radical (unpaired) electrons. The Morgan fingerprint density at radius 3 is 2.44 bits per heavy atom. The number of hydrogen-bond acceptors (Lipinski definition) is 4. The number of non-ortho nitro benzene ring substituents is 1. The molecule has 1 aliphatic rings. The maximum atomic E-state index is 14.4. The van der Waals surface area contributed by atoms with E-state index >= 15 is 0 Å². The lowest BCUT2D eigenvalue weighted by Crippen LogP contribution is -2.18. The summed E-state index contributed by atoms with van der Waals surface area (Å²) < 4.78 is 14.4. The van der Waals surface area contributed by atoms with Gasteiger partial charge in [0.15, 0.2) is 0 Å². The molecule has 0 aliphatic carbocycles. The maximum absolute atomic E-state index is 14.4. The Bertz CT molecular complexity index is 863. The quantitative estimate of drug-likeness (QED) is 0.359. The first kappa shape index (κ1) is 16.7. The number of nitro benzene ring substituents is 1. The van der Waals surface area contributed by atoms with Crippen LogP contribution in [0.2, 0.25) is 0 Å². The Balaban J connectivity index is 1.88. The van der Waals surface area contributed by atoms with Gasteiger partial charge in [0.25, 0.3) is 5.69 Å². The fourth-order valence-electron chi connectivity index (χ4n) is 2.94. The molecule has 0 aromatic heterocycles. The standard InChI is InChI=1S/C19H16FN3O2/c20-18-12-14(3-8-19(18)22-9-1-2-10-22)11-16(13-21)15-4-6-17(7-5-15)23(24)25/h3-8,11-12H,1-2,9-10H2/b16-11-. The van der Waals surface area contributed by atoms with Gasteiger partial charge in [-0.25, -0.2) is 4.39 Å². The fourth-order valence-corrected chi connectivity index (χ4v) is 2.94. The summed E-state index contributed by atoms with van der Waals surface area (Å²) in [5.41, 5.74) is 2.00. The molecule has 0 saturated carbocycles. The van der Waals surface area contributed by atoms with Crippen LogP contribution in [0.25, 0.3) is 11.6 Å². The molecule has 1 heterocycles. The summed E-state index contributed by atoms with van der Waals surface area (Å²) in [6, 6.07) is 12.7. The van der Waals surface area contributed by atoms with E-state index in [1.54, 1.807) is 18.2 Å². The van der Waals surface area contributed by atoms with Crippen LogP contribution < -0.4 is 4.90 Å². The summed E-state index contributed by atoms with van der Waals surface area (Å²) >= 11 is 0. The third-order valence-electron chi connectivity index (χ3n) is 4.24. The van der Waals surface area contributed by atoms with Gasteiger partial charge in [-0.1, -0.05) is 6.07 Å². The Kier molecular flexibility index (Phi) is 4.75. The predicted octanol–water partition coefficient (Wildman–Crippen LogP) is 4.40. The average Bonchev–Trinajstić information content (AvgIpc) is 3.14. The largest absolute Gasteiger partial charge is 0.369 e. The van der Waals surface area contributed by atoms with Crippen LogP contribution in [0, 0.1) is 27.3 Å². The molecule has 2 aromatic rings. The van der Waals surface area contributed by atoms with Gasteiger partial charge in [-0.2, -0.15) is 5.26 Å². The van der Waals surface area contributed by atoms with Crippen molar-refractivity contribution in [2.45, 2.75) is 12.8 Å². The average molecular weight is 337 g/mol. The van der Waals surface area contributed by atoms with E-state index in [4.69, 9.17) is 0 Å². The van der Waals surface area contributed by atoms with Crippen molar-refractivity contribution < 1.29 is 9.31 Å². The molecule has 0 atom stereocenters. The molecule has 25 heavy (non-hydrogen) atoms. The van der Waals surface area contributed by atoms with E-state index in [-0.39, 0.29) is 11.5 Å². The van der Waals surface area contributed by atoms with Gasteiger partial charge >= 0.3 is 0 Å². The van der Waals surface area contributed by atoms with Crippen molar-refractivity contribution in [3.8, 4) is 6.07 Å². The number of halogens is 1. The molecule has 0 bridgehead atoms. The summed E-state index contributed by atoms with van der Waals surface area (Å²) in [6.45, 7) is 1.72. The SMILES string of the molecule is N#C/C(=C/c1ccc(N2CCCC2)c(F)c1)c1ccc([N+](=O)[O-])cc1. The third kappa shape index (κ3) is 3.66. The molecule has 5 nitrogen and oxygen atoms in total. The maximum Gasteiger partial charge on any atom is 0.269 e. The number of hydrogen-bond donors (Lipinski definition) is 0. The van der Waals surface area contributed by atoms with E-state index < -0.39 is 4.92 Å². The lowest BCUT2D eigenvalue weighted by Gasteiger charge is -2.18. The highest BCUT2D eigenvalue weighted by molar-refractivity contribution is 5.89. The molecule has 0 unspecified atom stereocenters. The van der Waals surface area contributed by atoms with Crippen LogP contribution in [0.15, 0.2) is 42.5 Å². The highest BCUT2D eigenvalue weighted by Crippen LogP contribution is 2.26. The number of rotatable bonds is 4. The zero-order chi connectivity index (χ0) is 17.8. The molecular weight excluding hydrogens is 321 g/mol. The molecule has 0 N–H and O–H groups in total. The summed E-state index contributed by atoms with van der Waals surface area (Å²) in [6.07, 6.45) is 3.72. The van der Waals surface area contributed by atoms with Crippen molar-refractivity contribution in [2.24, 2.45) is 0 Å². The van der Waals surface area contributed by atoms with E-state index in [1.807, 2.05) is 4.90 Å². The monoisotopic (exact) mass is 337 g/mol. The Hall–Kier alpha value is -3.20. The van der Waals surface area contributed by atoms with Crippen LogP contribution in [0.1, 0.15) is 24.0 Å². The second kappa shape index (κ2) is 7.14. The van der Waals surface area contributed by atoms with Crippen LogP contribution in [0.4, 0.5) is 15.8 Å². The van der Waals surface area contributed by atoms with Crippen molar-refractivity contribution >= 4 is 23.0 Å². The molecule has 1 fully saturated rings. The van der Waals surface area contributed by atoms with Crippen molar-refractivity contribution in [1.82, 2.24) is 0 Å². The Labute approximate surface area is 144 Å². The van der Waals surface area contributed by atoms with Crippen molar-refractivity contribution in [1.29, 1.82) is 5.26 Å². The lowest BCUT2D eigenvalue weighted by atomic mass is 10.0. The topological polar surface area (TPSA) is 70.2 Å². The van der Waals surface area contributed by atoms with Gasteiger partial charge in [-0.3, -0.25) is 10.1 Å². The molecule has 3 rings (SSSR count). The van der Waals surface area contributed by atoms with Crippen molar-refractivity contribution in [2.75, 3.05) is 18.0 Å².